The summed E-state index contributed by atoms with van der Waals surface area (Å²) in [6.45, 7) is 0. The summed E-state index contributed by atoms with van der Waals surface area (Å²) < 4.78 is 1.02. The maximum Gasteiger partial charge on any atom is 0.263 e. The van der Waals surface area contributed by atoms with Gasteiger partial charge >= 0.3 is 0 Å². The summed E-state index contributed by atoms with van der Waals surface area (Å²) in [7, 11) is 0. The lowest BCUT2D eigenvalue weighted by atomic mass is 10.3. The minimum Gasteiger partial charge on any atom is -0.383 e. The van der Waals surface area contributed by atoms with Crippen molar-refractivity contribution >= 4 is 35.5 Å². The van der Waals surface area contributed by atoms with Crippen molar-refractivity contribution in [2.75, 3.05) is 5.73 Å². The summed E-state index contributed by atoms with van der Waals surface area (Å²) in [5.41, 5.74) is 10.8. The number of imide groups is 1. The van der Waals surface area contributed by atoms with Crippen molar-refractivity contribution in [3.8, 4) is 0 Å². The molecule has 0 spiro atoms. The molecule has 0 aromatic carbocycles. The number of aromatic nitrogens is 2. The average molecular weight is 213 g/mol. The number of carbonyl (C=O) groups is 2. The molecule has 5 N–H and O–H groups in total. The molecule has 0 aliphatic rings. The molecule has 0 aliphatic heterocycles. The van der Waals surface area contributed by atoms with Gasteiger partial charge in [0.25, 0.3) is 5.91 Å². The van der Waals surface area contributed by atoms with Gasteiger partial charge in [0.1, 0.15) is 11.4 Å². The van der Waals surface area contributed by atoms with Crippen LogP contribution in [-0.4, -0.2) is 27.2 Å². The molecule has 14 heavy (non-hydrogen) atoms. The van der Waals surface area contributed by atoms with Crippen molar-refractivity contribution in [1.29, 1.82) is 0 Å². The molecule has 2 amide bonds. The van der Waals surface area contributed by atoms with Gasteiger partial charge in [0.15, 0.2) is 5.11 Å². The number of hydrogen-bond donors (Lipinski definition) is 3. The Morgan fingerprint density at radius 2 is 2.36 bits per heavy atom. The van der Waals surface area contributed by atoms with Crippen molar-refractivity contribution in [2.45, 2.75) is 0 Å². The van der Waals surface area contributed by atoms with Gasteiger partial charge in [-0.05, 0) is 12.2 Å². The number of nitrogen functional groups attached to an aromatic ring is 1. The second-order valence-electron chi connectivity index (χ2n) is 2.28. The van der Waals surface area contributed by atoms with Crippen molar-refractivity contribution in [1.82, 2.24) is 15.1 Å². The largest absolute Gasteiger partial charge is 0.383 e. The zero-order chi connectivity index (χ0) is 10.7. The van der Waals surface area contributed by atoms with E-state index in [2.05, 4.69) is 17.3 Å². The first kappa shape index (κ1) is 10.1. The predicted molar refractivity (Wildman–Crippen MR) is 52.4 cm³/mol. The summed E-state index contributed by atoms with van der Waals surface area (Å²) in [5, 5.41) is 5.51. The normalized spacial score (nSPS) is 9.43. The number of nitrogens with zero attached hydrogens (tertiary/aromatic N) is 2. The van der Waals surface area contributed by atoms with Crippen LogP contribution in [-0.2, 0) is 4.79 Å². The topological polar surface area (TPSA) is 116 Å². The van der Waals surface area contributed by atoms with E-state index in [0.29, 0.717) is 0 Å². The Bertz CT molecular complexity index is 399. The number of nitrogens with one attached hydrogen (secondary N) is 1. The molecule has 74 valence electrons. The number of hydrogen-bond acceptors (Lipinski definition) is 5. The van der Waals surface area contributed by atoms with E-state index in [0.717, 1.165) is 4.68 Å². The lowest BCUT2D eigenvalue weighted by Gasteiger charge is -2.00. The number of carbonyl (C=O) groups excluding carboxylic acids is 2. The molecule has 0 saturated carbocycles. The van der Waals surface area contributed by atoms with E-state index in [1.54, 1.807) is 0 Å². The summed E-state index contributed by atoms with van der Waals surface area (Å²) in [4.78, 5) is 21.1. The second-order valence-corrected chi connectivity index (χ2v) is 2.70. The van der Waals surface area contributed by atoms with Crippen LogP contribution in [0.15, 0.2) is 6.20 Å². The van der Waals surface area contributed by atoms with E-state index in [9.17, 15) is 9.59 Å². The number of nitrogens with two attached hydrogens (primary N) is 2. The Morgan fingerprint density at radius 3 is 2.79 bits per heavy atom. The Labute approximate surface area is 84.0 Å². The maximum absolute atomic E-state index is 11.1. The molecule has 1 rings (SSSR count). The van der Waals surface area contributed by atoms with Crippen LogP contribution >= 0.6 is 12.2 Å². The molecule has 1 aromatic rings. The fourth-order valence-electron chi connectivity index (χ4n) is 0.840. The van der Waals surface area contributed by atoms with Gasteiger partial charge in [-0.2, -0.15) is 9.78 Å². The predicted octanol–water partition coefficient (Wildman–Crippen LogP) is -1.56. The quantitative estimate of drug-likeness (QED) is 0.404. The van der Waals surface area contributed by atoms with Crippen LogP contribution in [0.5, 0.6) is 0 Å². The van der Waals surface area contributed by atoms with E-state index < -0.39 is 5.91 Å². The Morgan fingerprint density at radius 1 is 1.71 bits per heavy atom. The summed E-state index contributed by atoms with van der Waals surface area (Å²) in [6, 6.07) is 0. The molecule has 0 saturated heterocycles. The van der Waals surface area contributed by atoms with Crippen LogP contribution < -0.4 is 16.8 Å². The molecule has 0 aliphatic carbocycles. The van der Waals surface area contributed by atoms with Gasteiger partial charge in [-0.25, -0.2) is 0 Å². The maximum atomic E-state index is 11.1. The fourth-order valence-corrected chi connectivity index (χ4v) is 0.985. The molecule has 0 unspecified atom stereocenters. The molecule has 1 aromatic heterocycles. The van der Waals surface area contributed by atoms with Crippen molar-refractivity contribution < 1.29 is 9.59 Å². The van der Waals surface area contributed by atoms with E-state index in [1.807, 2.05) is 5.32 Å². The first-order chi connectivity index (χ1) is 6.57. The van der Waals surface area contributed by atoms with E-state index in [1.165, 1.54) is 6.20 Å². The van der Waals surface area contributed by atoms with Crippen LogP contribution in [0, 0.1) is 0 Å². The summed E-state index contributed by atoms with van der Waals surface area (Å²) >= 11 is 4.61. The third-order valence-electron chi connectivity index (χ3n) is 1.45. The zero-order valence-electron chi connectivity index (χ0n) is 6.93. The van der Waals surface area contributed by atoms with Crippen LogP contribution in [0.3, 0.4) is 0 Å². The lowest BCUT2D eigenvalue weighted by molar-refractivity contribution is -0.108. The zero-order valence-corrected chi connectivity index (χ0v) is 7.75. The van der Waals surface area contributed by atoms with E-state index in [-0.39, 0.29) is 22.9 Å². The Balaban J connectivity index is 3.06. The molecule has 0 radical (unpaired) electrons. The van der Waals surface area contributed by atoms with Gasteiger partial charge in [-0.3, -0.25) is 14.9 Å². The minimum absolute atomic E-state index is 0.00292. The standard InChI is InChI=1S/C6H7N5O2S/c7-4-3(5(13)9-2-12)1-10-11(4)6(8)14/h1-2H,7H2,(H2,8,14)(H,9,12,13). The van der Waals surface area contributed by atoms with E-state index in [4.69, 9.17) is 11.5 Å². The van der Waals surface area contributed by atoms with Crippen LogP contribution in [0.4, 0.5) is 5.82 Å². The number of rotatable bonds is 2. The SMILES string of the molecule is NC(=S)n1ncc(C(=O)NC=O)c1N. The van der Waals surface area contributed by atoms with Gasteiger partial charge in [0.2, 0.25) is 6.41 Å². The Hall–Kier alpha value is -1.96. The monoisotopic (exact) mass is 213 g/mol. The molecular weight excluding hydrogens is 206 g/mol. The average Bonchev–Trinajstić information content (AvgIpc) is 2.47. The molecule has 8 heteroatoms. The van der Waals surface area contributed by atoms with Crippen LogP contribution in [0.25, 0.3) is 0 Å². The van der Waals surface area contributed by atoms with Crippen molar-refractivity contribution in [2.24, 2.45) is 5.73 Å². The van der Waals surface area contributed by atoms with Gasteiger partial charge in [-0.1, -0.05) is 0 Å². The molecule has 0 fully saturated rings. The third-order valence-corrected chi connectivity index (χ3v) is 1.62. The molecule has 0 bridgehead atoms. The van der Waals surface area contributed by atoms with Crippen molar-refractivity contribution in [3.05, 3.63) is 11.8 Å². The number of thiocarbonyl (C=S) groups is 1. The van der Waals surface area contributed by atoms with Gasteiger partial charge in [0.05, 0.1) is 6.20 Å². The lowest BCUT2D eigenvalue weighted by Crippen LogP contribution is -2.25. The van der Waals surface area contributed by atoms with Crippen molar-refractivity contribution in [3.63, 3.8) is 0 Å². The first-order valence-corrected chi connectivity index (χ1v) is 3.86. The number of amides is 2. The summed E-state index contributed by atoms with van der Waals surface area (Å²) in [6.07, 6.45) is 1.42. The highest BCUT2D eigenvalue weighted by molar-refractivity contribution is 7.80. The molecule has 7 nitrogen and oxygen atoms in total. The number of anilines is 1. The Kier molecular flexibility index (Phi) is 2.77. The van der Waals surface area contributed by atoms with Gasteiger partial charge < -0.3 is 11.5 Å². The second kappa shape index (κ2) is 3.83. The van der Waals surface area contributed by atoms with Crippen LogP contribution in [0.1, 0.15) is 10.4 Å². The third kappa shape index (κ3) is 1.69. The minimum atomic E-state index is -0.653. The highest BCUT2D eigenvalue weighted by Gasteiger charge is 2.15. The van der Waals surface area contributed by atoms with Crippen LogP contribution in [0.2, 0.25) is 0 Å². The molecular formula is C6H7N5O2S. The molecule has 0 atom stereocenters. The first-order valence-electron chi connectivity index (χ1n) is 3.45. The fraction of sp³-hybridized carbons (Fsp3) is 0. The van der Waals surface area contributed by atoms with Gasteiger partial charge in [-0.15, -0.1) is 0 Å². The summed E-state index contributed by atoms with van der Waals surface area (Å²) in [5.74, 6) is -0.656. The smallest absolute Gasteiger partial charge is 0.263 e. The highest BCUT2D eigenvalue weighted by atomic mass is 32.1. The van der Waals surface area contributed by atoms with Gasteiger partial charge in [0, 0.05) is 0 Å². The molecule has 1 heterocycles. The highest BCUT2D eigenvalue weighted by Crippen LogP contribution is 2.09. The van der Waals surface area contributed by atoms with E-state index >= 15 is 0 Å².